The lowest BCUT2D eigenvalue weighted by Crippen LogP contribution is -2.08. The monoisotopic (exact) mass is 212 g/mol. The smallest absolute Gasteiger partial charge is 0.334 e. The molecule has 1 atom stereocenters. The summed E-state index contributed by atoms with van der Waals surface area (Å²) in [4.78, 5) is 11.1. The third-order valence-corrected chi connectivity index (χ3v) is 2.84. The molecule has 0 radical (unpaired) electrons. The highest BCUT2D eigenvalue weighted by Crippen LogP contribution is 2.21. The second-order valence-corrected chi connectivity index (χ2v) is 4.16. The third kappa shape index (κ3) is 3.67. The topological polar surface area (TPSA) is 46.5 Å². The summed E-state index contributed by atoms with van der Waals surface area (Å²) in [5, 5.41) is 9.74. The predicted molar refractivity (Wildman–Crippen MR) is 58.4 cm³/mol. The molecule has 1 unspecified atom stereocenters. The van der Waals surface area contributed by atoms with Gasteiger partial charge in [-0.15, -0.1) is 0 Å². The molecule has 1 rings (SSSR count). The van der Waals surface area contributed by atoms with E-state index in [0.29, 0.717) is 18.6 Å². The van der Waals surface area contributed by atoms with Crippen molar-refractivity contribution in [2.75, 3.05) is 6.61 Å². The van der Waals surface area contributed by atoms with E-state index in [9.17, 15) is 9.90 Å². The molecule has 0 amide bonds. The predicted octanol–water partition coefficient (Wildman–Crippen LogP) is 2.19. The number of esters is 1. The number of hydrogen-bond donors (Lipinski definition) is 1. The molecule has 0 saturated carbocycles. The van der Waals surface area contributed by atoms with Gasteiger partial charge in [0.2, 0.25) is 0 Å². The minimum atomic E-state index is -0.323. The molecule has 1 aliphatic rings. The van der Waals surface area contributed by atoms with E-state index in [2.05, 4.69) is 6.92 Å². The Morgan fingerprint density at radius 2 is 2.20 bits per heavy atom. The van der Waals surface area contributed by atoms with E-state index in [4.69, 9.17) is 4.74 Å². The first-order valence-electron chi connectivity index (χ1n) is 5.69. The summed E-state index contributed by atoms with van der Waals surface area (Å²) in [5.41, 5.74) is 1.65. The highest BCUT2D eigenvalue weighted by molar-refractivity contribution is 5.91. The molecule has 1 aliphatic heterocycles. The maximum absolute atomic E-state index is 11.1. The SMILES string of the molecule is CCCCCC(O)CC1=C(C)C(=O)OC1. The summed E-state index contributed by atoms with van der Waals surface area (Å²) in [6.07, 6.45) is 4.45. The van der Waals surface area contributed by atoms with E-state index < -0.39 is 0 Å². The van der Waals surface area contributed by atoms with Crippen molar-refractivity contribution in [3.63, 3.8) is 0 Å². The van der Waals surface area contributed by atoms with Gasteiger partial charge in [0.15, 0.2) is 0 Å². The summed E-state index contributed by atoms with van der Waals surface area (Å²) in [5.74, 6) is -0.231. The number of ether oxygens (including phenoxy) is 1. The fraction of sp³-hybridized carbons (Fsp3) is 0.750. The first kappa shape index (κ1) is 12.2. The zero-order valence-corrected chi connectivity index (χ0v) is 9.58. The van der Waals surface area contributed by atoms with Crippen LogP contribution in [0.15, 0.2) is 11.1 Å². The van der Waals surface area contributed by atoms with E-state index in [1.165, 1.54) is 0 Å². The average Bonchev–Trinajstić information content (AvgIpc) is 2.50. The summed E-state index contributed by atoms with van der Waals surface area (Å²) < 4.78 is 4.88. The Balaban J connectivity index is 2.32. The number of carbonyl (C=O) groups excluding carboxylic acids is 1. The van der Waals surface area contributed by atoms with Gasteiger partial charge in [-0.25, -0.2) is 4.79 Å². The van der Waals surface area contributed by atoms with Crippen LogP contribution in [0.2, 0.25) is 0 Å². The van der Waals surface area contributed by atoms with Crippen LogP contribution in [0.25, 0.3) is 0 Å². The van der Waals surface area contributed by atoms with Crippen LogP contribution < -0.4 is 0 Å². The lowest BCUT2D eigenvalue weighted by atomic mass is 10.0. The van der Waals surface area contributed by atoms with Gasteiger partial charge in [-0.05, 0) is 25.3 Å². The standard InChI is InChI=1S/C12H20O3/c1-3-4-5-6-11(13)7-10-8-15-12(14)9(10)2/h11,13H,3-8H2,1-2H3. The van der Waals surface area contributed by atoms with Gasteiger partial charge >= 0.3 is 5.97 Å². The van der Waals surface area contributed by atoms with Crippen molar-refractivity contribution < 1.29 is 14.6 Å². The number of carbonyl (C=O) groups is 1. The van der Waals surface area contributed by atoms with Crippen LogP contribution in [0.1, 0.15) is 46.0 Å². The molecule has 1 N–H and O–H groups in total. The van der Waals surface area contributed by atoms with Crippen molar-refractivity contribution in [2.45, 2.75) is 52.1 Å². The largest absolute Gasteiger partial charge is 0.458 e. The Bertz CT molecular complexity index is 256. The summed E-state index contributed by atoms with van der Waals surface area (Å²) in [6.45, 7) is 4.28. The molecule has 0 fully saturated rings. The van der Waals surface area contributed by atoms with Gasteiger partial charge < -0.3 is 9.84 Å². The quantitative estimate of drug-likeness (QED) is 0.542. The molecule has 3 heteroatoms. The van der Waals surface area contributed by atoms with Gasteiger partial charge in [-0.2, -0.15) is 0 Å². The van der Waals surface area contributed by atoms with Crippen molar-refractivity contribution in [3.8, 4) is 0 Å². The molecule has 0 spiro atoms. The van der Waals surface area contributed by atoms with Gasteiger partial charge in [0.1, 0.15) is 6.61 Å². The van der Waals surface area contributed by atoms with Crippen molar-refractivity contribution in [1.29, 1.82) is 0 Å². The van der Waals surface area contributed by atoms with Crippen LogP contribution in [0.3, 0.4) is 0 Å². The number of aliphatic hydroxyl groups excluding tert-OH is 1. The van der Waals surface area contributed by atoms with E-state index in [0.717, 1.165) is 31.3 Å². The molecule has 86 valence electrons. The van der Waals surface area contributed by atoms with Crippen molar-refractivity contribution >= 4 is 5.97 Å². The first-order valence-corrected chi connectivity index (χ1v) is 5.69. The van der Waals surface area contributed by atoms with E-state index >= 15 is 0 Å². The average molecular weight is 212 g/mol. The zero-order chi connectivity index (χ0) is 11.3. The van der Waals surface area contributed by atoms with Crippen LogP contribution in [0.5, 0.6) is 0 Å². The maximum Gasteiger partial charge on any atom is 0.334 e. The fourth-order valence-corrected chi connectivity index (χ4v) is 1.74. The third-order valence-electron chi connectivity index (χ3n) is 2.84. The van der Waals surface area contributed by atoms with Gasteiger partial charge in [0.25, 0.3) is 0 Å². The summed E-state index contributed by atoms with van der Waals surface area (Å²) in [7, 11) is 0. The Morgan fingerprint density at radius 1 is 1.47 bits per heavy atom. The van der Waals surface area contributed by atoms with Gasteiger partial charge in [-0.3, -0.25) is 0 Å². The molecule has 0 aromatic carbocycles. The Labute approximate surface area is 91.1 Å². The molecule has 0 aliphatic carbocycles. The summed E-state index contributed by atoms with van der Waals surface area (Å²) in [6, 6.07) is 0. The molecular weight excluding hydrogens is 192 g/mol. The van der Waals surface area contributed by atoms with E-state index in [1.54, 1.807) is 6.92 Å². The normalized spacial score (nSPS) is 18.2. The minimum Gasteiger partial charge on any atom is -0.458 e. The van der Waals surface area contributed by atoms with E-state index in [-0.39, 0.29) is 12.1 Å². The molecule has 15 heavy (non-hydrogen) atoms. The lowest BCUT2D eigenvalue weighted by Gasteiger charge is -2.10. The van der Waals surface area contributed by atoms with Gasteiger partial charge in [0, 0.05) is 5.57 Å². The number of hydrogen-bond acceptors (Lipinski definition) is 3. The highest BCUT2D eigenvalue weighted by Gasteiger charge is 2.22. The lowest BCUT2D eigenvalue weighted by molar-refractivity contribution is -0.135. The van der Waals surface area contributed by atoms with Crippen LogP contribution >= 0.6 is 0 Å². The highest BCUT2D eigenvalue weighted by atomic mass is 16.5. The molecule has 0 aromatic heterocycles. The maximum atomic E-state index is 11.1. The molecule has 0 bridgehead atoms. The molecule has 0 saturated heterocycles. The minimum absolute atomic E-state index is 0.231. The Hall–Kier alpha value is -0.830. The second kappa shape index (κ2) is 5.91. The fourth-order valence-electron chi connectivity index (χ4n) is 1.74. The van der Waals surface area contributed by atoms with Gasteiger partial charge in [-0.1, -0.05) is 26.2 Å². The molecule has 0 aromatic rings. The second-order valence-electron chi connectivity index (χ2n) is 4.16. The van der Waals surface area contributed by atoms with Crippen LogP contribution in [-0.4, -0.2) is 23.8 Å². The molecule has 3 nitrogen and oxygen atoms in total. The van der Waals surface area contributed by atoms with Crippen molar-refractivity contribution in [2.24, 2.45) is 0 Å². The van der Waals surface area contributed by atoms with Crippen molar-refractivity contribution in [3.05, 3.63) is 11.1 Å². The number of unbranched alkanes of at least 4 members (excludes halogenated alkanes) is 2. The Kier molecular flexibility index (Phi) is 4.82. The van der Waals surface area contributed by atoms with E-state index in [1.807, 2.05) is 0 Å². The van der Waals surface area contributed by atoms with Gasteiger partial charge in [0.05, 0.1) is 6.10 Å². The number of aliphatic hydroxyl groups is 1. The summed E-state index contributed by atoms with van der Waals surface area (Å²) >= 11 is 0. The number of rotatable bonds is 6. The van der Waals surface area contributed by atoms with Crippen LogP contribution in [0, 0.1) is 0 Å². The van der Waals surface area contributed by atoms with Crippen LogP contribution in [0.4, 0.5) is 0 Å². The van der Waals surface area contributed by atoms with Crippen LogP contribution in [-0.2, 0) is 9.53 Å². The molecular formula is C12H20O3. The first-order chi connectivity index (χ1) is 7.15. The Morgan fingerprint density at radius 3 is 2.73 bits per heavy atom. The molecule has 1 heterocycles. The van der Waals surface area contributed by atoms with Crippen molar-refractivity contribution in [1.82, 2.24) is 0 Å². The zero-order valence-electron chi connectivity index (χ0n) is 9.58. The number of cyclic esters (lactones) is 1.